The van der Waals surface area contributed by atoms with Crippen molar-refractivity contribution in [2.45, 2.75) is 0 Å². The molecule has 8 nitrogen and oxygen atoms in total. The monoisotopic (exact) mass is 301 g/mol. The van der Waals surface area contributed by atoms with E-state index in [1.165, 1.54) is 49.5 Å². The van der Waals surface area contributed by atoms with Crippen molar-refractivity contribution in [1.82, 2.24) is 0 Å². The zero-order chi connectivity index (χ0) is 16.3. The van der Waals surface area contributed by atoms with Crippen molar-refractivity contribution < 1.29 is 14.6 Å². The SMILES string of the molecule is CN(C(=O)c1ccccc1[N+](=O)[O-])c1ccccc1[N+](=O)[O-]. The molecule has 1 amide bonds. The number of benzene rings is 2. The van der Waals surface area contributed by atoms with E-state index >= 15 is 0 Å². The summed E-state index contributed by atoms with van der Waals surface area (Å²) in [6, 6.07) is 11.2. The molecule has 22 heavy (non-hydrogen) atoms. The van der Waals surface area contributed by atoms with Crippen molar-refractivity contribution >= 4 is 23.0 Å². The first-order valence-corrected chi connectivity index (χ1v) is 6.18. The quantitative estimate of drug-likeness (QED) is 0.637. The second-order valence-corrected chi connectivity index (χ2v) is 4.38. The first kappa shape index (κ1) is 15.1. The lowest BCUT2D eigenvalue weighted by Crippen LogP contribution is -2.27. The Bertz CT molecular complexity index is 760. The Kier molecular flexibility index (Phi) is 4.12. The maximum atomic E-state index is 12.4. The number of rotatable bonds is 4. The van der Waals surface area contributed by atoms with Gasteiger partial charge in [0.1, 0.15) is 11.3 Å². The minimum absolute atomic E-state index is 0.0654. The van der Waals surface area contributed by atoms with E-state index in [2.05, 4.69) is 0 Å². The molecule has 112 valence electrons. The molecule has 0 saturated heterocycles. The van der Waals surface area contributed by atoms with E-state index in [1.807, 2.05) is 0 Å². The fourth-order valence-corrected chi connectivity index (χ4v) is 2.01. The van der Waals surface area contributed by atoms with Gasteiger partial charge in [-0.2, -0.15) is 0 Å². The number of nitro groups is 2. The van der Waals surface area contributed by atoms with Gasteiger partial charge in [0.15, 0.2) is 0 Å². The number of nitro benzene ring substituents is 2. The summed E-state index contributed by atoms with van der Waals surface area (Å²) in [6.07, 6.45) is 0. The Morgan fingerprint density at radius 1 is 0.909 bits per heavy atom. The maximum Gasteiger partial charge on any atom is 0.292 e. The van der Waals surface area contributed by atoms with Crippen LogP contribution in [0.15, 0.2) is 48.5 Å². The van der Waals surface area contributed by atoms with Crippen molar-refractivity contribution in [3.63, 3.8) is 0 Å². The third kappa shape index (κ3) is 2.75. The van der Waals surface area contributed by atoms with Crippen LogP contribution < -0.4 is 4.90 Å². The topological polar surface area (TPSA) is 107 Å². The molecule has 2 rings (SSSR count). The lowest BCUT2D eigenvalue weighted by Gasteiger charge is -2.17. The van der Waals surface area contributed by atoms with Crippen molar-refractivity contribution in [2.75, 3.05) is 11.9 Å². The first-order chi connectivity index (χ1) is 10.4. The van der Waals surface area contributed by atoms with Crippen molar-refractivity contribution in [1.29, 1.82) is 0 Å². The molecule has 0 atom stereocenters. The van der Waals surface area contributed by atoms with E-state index < -0.39 is 15.8 Å². The number of carbonyl (C=O) groups is 1. The number of carbonyl (C=O) groups excluding carboxylic acids is 1. The first-order valence-electron chi connectivity index (χ1n) is 6.18. The van der Waals surface area contributed by atoms with Crippen molar-refractivity contribution in [3.05, 3.63) is 74.3 Å². The van der Waals surface area contributed by atoms with Gasteiger partial charge in [-0.1, -0.05) is 24.3 Å². The minimum atomic E-state index is -0.693. The largest absolute Gasteiger partial charge is 0.305 e. The molecular weight excluding hydrogens is 290 g/mol. The fraction of sp³-hybridized carbons (Fsp3) is 0.0714. The van der Waals surface area contributed by atoms with E-state index in [4.69, 9.17) is 0 Å². The van der Waals surface area contributed by atoms with Crippen LogP contribution >= 0.6 is 0 Å². The highest BCUT2D eigenvalue weighted by atomic mass is 16.6. The molecule has 0 radical (unpaired) electrons. The maximum absolute atomic E-state index is 12.4. The summed E-state index contributed by atoms with van der Waals surface area (Å²) in [6.45, 7) is 0. The fourth-order valence-electron chi connectivity index (χ4n) is 2.01. The summed E-state index contributed by atoms with van der Waals surface area (Å²) >= 11 is 0. The zero-order valence-corrected chi connectivity index (χ0v) is 11.5. The smallest absolute Gasteiger partial charge is 0.292 e. The lowest BCUT2D eigenvalue weighted by atomic mass is 10.1. The van der Waals surface area contributed by atoms with Crippen LogP contribution in [0.5, 0.6) is 0 Å². The van der Waals surface area contributed by atoms with Gasteiger partial charge in [-0.3, -0.25) is 25.0 Å². The normalized spacial score (nSPS) is 10.0. The van der Waals surface area contributed by atoms with Gasteiger partial charge in [0.25, 0.3) is 17.3 Å². The Labute approximate surface area is 124 Å². The molecule has 0 aromatic heterocycles. The molecule has 0 fully saturated rings. The molecular formula is C14H11N3O5. The second-order valence-electron chi connectivity index (χ2n) is 4.38. The van der Waals surface area contributed by atoms with Gasteiger partial charge in [0.2, 0.25) is 0 Å². The molecule has 0 aliphatic heterocycles. The summed E-state index contributed by atoms with van der Waals surface area (Å²) < 4.78 is 0. The third-order valence-corrected chi connectivity index (χ3v) is 3.08. The summed E-state index contributed by atoms with van der Waals surface area (Å²) in [5, 5.41) is 22.0. The average molecular weight is 301 g/mol. The number of amides is 1. The number of hydrogen-bond donors (Lipinski definition) is 0. The van der Waals surface area contributed by atoms with Crippen LogP contribution in [0.3, 0.4) is 0 Å². The predicted octanol–water partition coefficient (Wildman–Crippen LogP) is 2.78. The van der Waals surface area contributed by atoms with E-state index in [9.17, 15) is 25.0 Å². The summed E-state index contributed by atoms with van der Waals surface area (Å²) in [4.78, 5) is 34.2. The van der Waals surface area contributed by atoms with Crippen LogP contribution in [0.1, 0.15) is 10.4 Å². The zero-order valence-electron chi connectivity index (χ0n) is 11.5. The molecule has 8 heteroatoms. The summed E-state index contributed by atoms with van der Waals surface area (Å²) in [7, 11) is 1.33. The highest BCUT2D eigenvalue weighted by molar-refractivity contribution is 6.09. The Morgan fingerprint density at radius 3 is 2.00 bits per heavy atom. The second kappa shape index (κ2) is 6.00. The molecule has 2 aromatic carbocycles. The van der Waals surface area contributed by atoms with Crippen LogP contribution in [-0.4, -0.2) is 22.8 Å². The number of para-hydroxylation sites is 3. The highest BCUT2D eigenvalue weighted by Gasteiger charge is 2.26. The Morgan fingerprint density at radius 2 is 1.41 bits per heavy atom. The molecule has 0 heterocycles. The van der Waals surface area contributed by atoms with Gasteiger partial charge in [-0.25, -0.2) is 0 Å². The summed E-state index contributed by atoms with van der Waals surface area (Å²) in [5.41, 5.74) is -0.668. The van der Waals surface area contributed by atoms with E-state index in [0.29, 0.717) is 0 Å². The molecule has 0 N–H and O–H groups in total. The molecule has 0 saturated carbocycles. The Balaban J connectivity index is 2.47. The van der Waals surface area contributed by atoms with E-state index in [-0.39, 0.29) is 22.6 Å². The standard InChI is InChI=1S/C14H11N3O5/c1-15(12-8-4-5-9-13(12)17(21)22)14(18)10-6-2-3-7-11(10)16(19)20/h2-9H,1H3. The lowest BCUT2D eigenvalue weighted by molar-refractivity contribution is -0.385. The molecule has 0 bridgehead atoms. The molecule has 0 unspecified atom stereocenters. The molecule has 2 aromatic rings. The van der Waals surface area contributed by atoms with Gasteiger partial charge >= 0.3 is 0 Å². The summed E-state index contributed by atoms with van der Waals surface area (Å²) in [5.74, 6) is -0.693. The van der Waals surface area contributed by atoms with Crippen molar-refractivity contribution in [2.24, 2.45) is 0 Å². The van der Waals surface area contributed by atoms with Gasteiger partial charge < -0.3 is 4.90 Å². The molecule has 0 aliphatic rings. The average Bonchev–Trinajstić information content (AvgIpc) is 2.53. The van der Waals surface area contributed by atoms with Crippen LogP contribution in [0.4, 0.5) is 17.1 Å². The third-order valence-electron chi connectivity index (χ3n) is 3.08. The predicted molar refractivity (Wildman–Crippen MR) is 78.9 cm³/mol. The van der Waals surface area contributed by atoms with Crippen LogP contribution in [0.25, 0.3) is 0 Å². The molecule has 0 spiro atoms. The van der Waals surface area contributed by atoms with Crippen LogP contribution in [-0.2, 0) is 0 Å². The van der Waals surface area contributed by atoms with E-state index in [1.54, 1.807) is 6.07 Å². The number of anilines is 1. The van der Waals surface area contributed by atoms with Gasteiger partial charge in [0, 0.05) is 19.2 Å². The van der Waals surface area contributed by atoms with Gasteiger partial charge in [-0.05, 0) is 12.1 Å². The Hall–Kier alpha value is -3.29. The van der Waals surface area contributed by atoms with Crippen molar-refractivity contribution in [3.8, 4) is 0 Å². The minimum Gasteiger partial charge on any atom is -0.305 e. The highest BCUT2D eigenvalue weighted by Crippen LogP contribution is 2.29. The van der Waals surface area contributed by atoms with Crippen LogP contribution in [0, 0.1) is 20.2 Å². The number of nitrogens with zero attached hydrogens (tertiary/aromatic N) is 3. The van der Waals surface area contributed by atoms with E-state index in [0.717, 1.165) is 4.90 Å². The van der Waals surface area contributed by atoms with Gasteiger partial charge in [0.05, 0.1) is 9.85 Å². The number of hydrogen-bond acceptors (Lipinski definition) is 5. The molecule has 0 aliphatic carbocycles. The van der Waals surface area contributed by atoms with Crippen LogP contribution in [0.2, 0.25) is 0 Å². The van der Waals surface area contributed by atoms with Gasteiger partial charge in [-0.15, -0.1) is 0 Å².